The first kappa shape index (κ1) is 15.6. The second-order valence-electron chi connectivity index (χ2n) is 4.49. The zero-order chi connectivity index (χ0) is 14.1. The van der Waals surface area contributed by atoms with Gasteiger partial charge in [0.05, 0.1) is 4.88 Å². The number of hydrogen-bond acceptors (Lipinski definition) is 4. The van der Waals surface area contributed by atoms with Crippen LogP contribution >= 0.6 is 23.6 Å². The van der Waals surface area contributed by atoms with Gasteiger partial charge in [0.25, 0.3) is 10.0 Å². The van der Waals surface area contributed by atoms with Crippen molar-refractivity contribution in [1.29, 1.82) is 0 Å². The van der Waals surface area contributed by atoms with Crippen LogP contribution in [0.15, 0.2) is 16.3 Å². The minimum Gasteiger partial charge on any atom is -0.389 e. The second-order valence-corrected chi connectivity index (χ2v) is 8.24. The molecular weight excluding hydrogens is 288 g/mol. The van der Waals surface area contributed by atoms with Crippen LogP contribution in [0.2, 0.25) is 0 Å². The fraction of sp³-hybridized carbons (Fsp3) is 0.545. The lowest BCUT2D eigenvalue weighted by molar-refractivity contribution is 0.316. The fourth-order valence-corrected chi connectivity index (χ4v) is 4.40. The summed E-state index contributed by atoms with van der Waals surface area (Å²) in [5, 5.41) is 0. The Morgan fingerprint density at radius 3 is 2.33 bits per heavy atom. The van der Waals surface area contributed by atoms with Gasteiger partial charge in [-0.2, -0.15) is 4.31 Å². The first-order valence-electron chi connectivity index (χ1n) is 5.55. The van der Waals surface area contributed by atoms with Crippen molar-refractivity contribution < 1.29 is 8.42 Å². The third-order valence-corrected chi connectivity index (χ3v) is 6.88. The van der Waals surface area contributed by atoms with E-state index in [1.54, 1.807) is 19.2 Å². The Hall–Kier alpha value is -0.500. The van der Waals surface area contributed by atoms with Crippen LogP contribution in [0.25, 0.3) is 0 Å². The van der Waals surface area contributed by atoms with Gasteiger partial charge >= 0.3 is 0 Å². The Kier molecular flexibility index (Phi) is 4.88. The van der Waals surface area contributed by atoms with E-state index in [0.29, 0.717) is 4.88 Å². The topological polar surface area (TPSA) is 63.4 Å². The zero-order valence-corrected chi connectivity index (χ0v) is 13.3. The number of thiocarbonyl (C=S) groups is 1. The highest BCUT2D eigenvalue weighted by Gasteiger charge is 2.28. The molecule has 1 unspecified atom stereocenters. The normalized spacial score (nSPS) is 14.1. The van der Waals surface area contributed by atoms with E-state index in [1.807, 2.05) is 20.8 Å². The molecule has 1 aromatic rings. The molecule has 0 fully saturated rings. The quantitative estimate of drug-likeness (QED) is 0.846. The lowest BCUT2D eigenvalue weighted by Gasteiger charge is -2.26. The van der Waals surface area contributed by atoms with E-state index in [-0.39, 0.29) is 21.2 Å². The average Bonchev–Trinajstić information content (AvgIpc) is 2.76. The number of thiophene rings is 1. The Balaban J connectivity index is 3.09. The van der Waals surface area contributed by atoms with E-state index in [4.69, 9.17) is 18.0 Å². The molecule has 0 saturated heterocycles. The van der Waals surface area contributed by atoms with E-state index < -0.39 is 10.0 Å². The van der Waals surface area contributed by atoms with Crippen molar-refractivity contribution in [3.63, 3.8) is 0 Å². The van der Waals surface area contributed by atoms with Crippen molar-refractivity contribution in [2.45, 2.75) is 31.0 Å². The fourth-order valence-electron chi connectivity index (χ4n) is 1.37. The standard InChI is InChI=1S/C11H18N2O2S3/c1-7(2)8(3)13(4)18(14,15)10-6-5-9(17-10)11(12)16/h5-8H,1-4H3,(H2,12,16). The molecule has 1 aromatic heterocycles. The van der Waals surface area contributed by atoms with Crippen LogP contribution in [0.3, 0.4) is 0 Å². The lowest BCUT2D eigenvalue weighted by Crippen LogP contribution is -2.37. The van der Waals surface area contributed by atoms with Gasteiger partial charge in [-0.15, -0.1) is 11.3 Å². The summed E-state index contributed by atoms with van der Waals surface area (Å²) < 4.78 is 26.4. The number of hydrogen-bond donors (Lipinski definition) is 1. The number of rotatable bonds is 5. The van der Waals surface area contributed by atoms with Gasteiger partial charge in [-0.1, -0.05) is 26.1 Å². The molecule has 2 N–H and O–H groups in total. The number of nitrogens with two attached hydrogens (primary N) is 1. The molecule has 1 atom stereocenters. The molecule has 0 saturated carbocycles. The molecule has 0 amide bonds. The van der Waals surface area contributed by atoms with Crippen molar-refractivity contribution in [1.82, 2.24) is 4.31 Å². The molecule has 102 valence electrons. The van der Waals surface area contributed by atoms with Gasteiger partial charge in [0.2, 0.25) is 0 Å². The van der Waals surface area contributed by atoms with Crippen LogP contribution in [0.1, 0.15) is 25.6 Å². The van der Waals surface area contributed by atoms with Crippen LogP contribution in [0.4, 0.5) is 0 Å². The Morgan fingerprint density at radius 2 is 1.94 bits per heavy atom. The summed E-state index contributed by atoms with van der Waals surface area (Å²) in [6, 6.07) is 3.14. The largest absolute Gasteiger partial charge is 0.389 e. The van der Waals surface area contributed by atoms with Gasteiger partial charge in [0.1, 0.15) is 9.20 Å². The summed E-state index contributed by atoms with van der Waals surface area (Å²) in [4.78, 5) is 0.843. The second kappa shape index (κ2) is 5.64. The van der Waals surface area contributed by atoms with Gasteiger partial charge < -0.3 is 5.73 Å². The van der Waals surface area contributed by atoms with Crippen LogP contribution in [-0.2, 0) is 10.0 Å². The van der Waals surface area contributed by atoms with Gasteiger partial charge in [0, 0.05) is 13.1 Å². The molecule has 1 rings (SSSR count). The highest BCUT2D eigenvalue weighted by Crippen LogP contribution is 2.26. The number of sulfonamides is 1. The molecule has 1 heterocycles. The molecule has 0 aliphatic rings. The van der Waals surface area contributed by atoms with Crippen molar-refractivity contribution in [3.05, 3.63) is 17.0 Å². The molecule has 0 radical (unpaired) electrons. The summed E-state index contributed by atoms with van der Waals surface area (Å²) in [5.41, 5.74) is 5.49. The van der Waals surface area contributed by atoms with Gasteiger partial charge in [-0.25, -0.2) is 8.42 Å². The van der Waals surface area contributed by atoms with E-state index in [2.05, 4.69) is 0 Å². The zero-order valence-electron chi connectivity index (χ0n) is 10.9. The van der Waals surface area contributed by atoms with Crippen LogP contribution in [0, 0.1) is 5.92 Å². The molecule has 4 nitrogen and oxygen atoms in total. The summed E-state index contributed by atoms with van der Waals surface area (Å²) in [5.74, 6) is 0.250. The van der Waals surface area contributed by atoms with Crippen molar-refractivity contribution in [2.75, 3.05) is 7.05 Å². The Morgan fingerprint density at radius 1 is 1.39 bits per heavy atom. The predicted octanol–water partition coefficient (Wildman–Crippen LogP) is 2.05. The predicted molar refractivity (Wildman–Crippen MR) is 79.5 cm³/mol. The van der Waals surface area contributed by atoms with E-state index >= 15 is 0 Å². The lowest BCUT2D eigenvalue weighted by atomic mass is 10.1. The molecule has 7 heteroatoms. The third kappa shape index (κ3) is 3.09. The maximum absolute atomic E-state index is 12.4. The molecule has 0 spiro atoms. The smallest absolute Gasteiger partial charge is 0.252 e. The van der Waals surface area contributed by atoms with E-state index in [9.17, 15) is 8.42 Å². The first-order chi connectivity index (χ1) is 8.17. The van der Waals surface area contributed by atoms with Crippen LogP contribution in [0.5, 0.6) is 0 Å². The molecule has 18 heavy (non-hydrogen) atoms. The van der Waals surface area contributed by atoms with Gasteiger partial charge in [-0.05, 0) is 25.0 Å². The average molecular weight is 306 g/mol. The minimum absolute atomic E-state index is 0.0645. The van der Waals surface area contributed by atoms with Crippen molar-refractivity contribution in [2.24, 2.45) is 11.7 Å². The van der Waals surface area contributed by atoms with Crippen molar-refractivity contribution in [3.8, 4) is 0 Å². The third-order valence-electron chi connectivity index (χ3n) is 3.00. The number of nitrogens with zero attached hydrogens (tertiary/aromatic N) is 1. The molecular formula is C11H18N2O2S3. The SMILES string of the molecule is CC(C)C(C)N(C)S(=O)(=O)c1ccc(C(N)=S)s1. The summed E-state index contributed by atoms with van der Waals surface area (Å²) in [6.45, 7) is 5.88. The molecule has 0 bridgehead atoms. The monoisotopic (exact) mass is 306 g/mol. The van der Waals surface area contributed by atoms with E-state index in [1.165, 1.54) is 4.31 Å². The molecule has 0 aromatic carbocycles. The van der Waals surface area contributed by atoms with Crippen LogP contribution in [-0.4, -0.2) is 30.8 Å². The highest BCUT2D eigenvalue weighted by molar-refractivity contribution is 7.91. The van der Waals surface area contributed by atoms with E-state index in [0.717, 1.165) is 11.3 Å². The Bertz CT molecular complexity index is 534. The van der Waals surface area contributed by atoms with Gasteiger partial charge in [-0.3, -0.25) is 0 Å². The molecule has 0 aliphatic carbocycles. The highest BCUT2D eigenvalue weighted by atomic mass is 32.2. The van der Waals surface area contributed by atoms with Crippen LogP contribution < -0.4 is 5.73 Å². The summed E-state index contributed by atoms with van der Waals surface area (Å²) in [6.07, 6.45) is 0. The maximum Gasteiger partial charge on any atom is 0.252 e. The Labute approximate surface area is 118 Å². The summed E-state index contributed by atoms with van der Waals surface area (Å²) >= 11 is 5.95. The minimum atomic E-state index is -3.46. The summed E-state index contributed by atoms with van der Waals surface area (Å²) in [7, 11) is -1.86. The maximum atomic E-state index is 12.4. The van der Waals surface area contributed by atoms with Gasteiger partial charge in [0.15, 0.2) is 0 Å². The molecule has 0 aliphatic heterocycles. The van der Waals surface area contributed by atoms with Crippen molar-refractivity contribution >= 4 is 38.6 Å². The first-order valence-corrected chi connectivity index (χ1v) is 8.22.